The van der Waals surface area contributed by atoms with Gasteiger partial charge in [-0.15, -0.1) is 0 Å². The molecule has 0 bridgehead atoms. The second kappa shape index (κ2) is 6.84. The van der Waals surface area contributed by atoms with Crippen molar-refractivity contribution in [1.82, 2.24) is 5.06 Å². The monoisotopic (exact) mass is 392 g/mol. The van der Waals surface area contributed by atoms with E-state index in [1.807, 2.05) is 32.9 Å². The highest BCUT2D eigenvalue weighted by molar-refractivity contribution is 6.21. The van der Waals surface area contributed by atoms with Crippen LogP contribution in [0.2, 0.25) is 0 Å². The van der Waals surface area contributed by atoms with Crippen molar-refractivity contribution in [1.29, 1.82) is 0 Å². The van der Waals surface area contributed by atoms with Crippen LogP contribution in [0.4, 0.5) is 5.69 Å². The standard InChI is InChI=1S/C22H20N2O5/c1-12-8-13(2)19(14(3)9-12)23-11-15(10-18(23)25)22(28)29-24-20(26)16-6-4-5-7-17(16)21(24)27/h4-9,15H,10-11H2,1-3H3. The third-order valence-electron chi connectivity index (χ3n) is 5.30. The summed E-state index contributed by atoms with van der Waals surface area (Å²) in [5, 5.41) is 0.489. The van der Waals surface area contributed by atoms with Gasteiger partial charge in [0.15, 0.2) is 0 Å². The van der Waals surface area contributed by atoms with Crippen LogP contribution >= 0.6 is 0 Å². The average molecular weight is 392 g/mol. The second-order valence-corrected chi connectivity index (χ2v) is 7.51. The number of amides is 3. The van der Waals surface area contributed by atoms with Gasteiger partial charge in [-0.25, -0.2) is 4.79 Å². The van der Waals surface area contributed by atoms with Gasteiger partial charge in [-0.05, 0) is 44.0 Å². The second-order valence-electron chi connectivity index (χ2n) is 7.51. The minimum absolute atomic E-state index is 0.0330. The Labute approximate surface area is 167 Å². The number of hydrogen-bond acceptors (Lipinski definition) is 5. The van der Waals surface area contributed by atoms with Crippen LogP contribution in [0.15, 0.2) is 36.4 Å². The maximum absolute atomic E-state index is 12.6. The fraction of sp³-hybridized carbons (Fsp3) is 0.273. The number of aryl methyl sites for hydroxylation is 3. The molecule has 0 saturated carbocycles. The molecule has 1 saturated heterocycles. The van der Waals surface area contributed by atoms with Gasteiger partial charge in [-0.2, -0.15) is 0 Å². The van der Waals surface area contributed by atoms with E-state index in [2.05, 4.69) is 0 Å². The van der Waals surface area contributed by atoms with Gasteiger partial charge in [0.2, 0.25) is 5.91 Å². The Kier molecular flexibility index (Phi) is 4.45. The van der Waals surface area contributed by atoms with Crippen LogP contribution in [0.1, 0.15) is 43.8 Å². The van der Waals surface area contributed by atoms with E-state index >= 15 is 0 Å². The van der Waals surface area contributed by atoms with E-state index in [1.54, 1.807) is 17.0 Å². The highest BCUT2D eigenvalue weighted by Gasteiger charge is 2.43. The lowest BCUT2D eigenvalue weighted by Crippen LogP contribution is -2.36. The first-order valence-electron chi connectivity index (χ1n) is 9.35. The molecular formula is C22H20N2O5. The largest absolute Gasteiger partial charge is 0.338 e. The molecule has 0 radical (unpaired) electrons. The molecule has 1 unspecified atom stereocenters. The average Bonchev–Trinajstić information content (AvgIpc) is 3.15. The minimum Gasteiger partial charge on any atom is -0.329 e. The third kappa shape index (κ3) is 3.08. The normalized spacial score (nSPS) is 18.4. The Balaban J connectivity index is 1.51. The molecule has 3 amide bonds. The van der Waals surface area contributed by atoms with Crippen molar-refractivity contribution in [3.8, 4) is 0 Å². The number of hydroxylamine groups is 2. The van der Waals surface area contributed by atoms with Crippen molar-refractivity contribution in [2.24, 2.45) is 5.92 Å². The fourth-order valence-electron chi connectivity index (χ4n) is 4.09. The predicted octanol–water partition coefficient (Wildman–Crippen LogP) is 2.72. The lowest BCUT2D eigenvalue weighted by Gasteiger charge is -2.22. The van der Waals surface area contributed by atoms with Crippen LogP contribution in [-0.4, -0.2) is 35.3 Å². The number of rotatable bonds is 3. The van der Waals surface area contributed by atoms with Gasteiger partial charge in [0.1, 0.15) is 0 Å². The first kappa shape index (κ1) is 18.9. The first-order valence-corrected chi connectivity index (χ1v) is 9.35. The molecule has 2 aliphatic rings. The quantitative estimate of drug-likeness (QED) is 0.750. The summed E-state index contributed by atoms with van der Waals surface area (Å²) in [6.07, 6.45) is -0.0330. The Morgan fingerprint density at radius 2 is 1.52 bits per heavy atom. The highest BCUT2D eigenvalue weighted by atomic mass is 16.7. The van der Waals surface area contributed by atoms with Gasteiger partial charge in [-0.1, -0.05) is 34.9 Å². The number of carbonyl (C=O) groups is 4. The molecule has 4 rings (SSSR count). The maximum atomic E-state index is 12.6. The van der Waals surface area contributed by atoms with Crippen LogP contribution in [0.5, 0.6) is 0 Å². The summed E-state index contributed by atoms with van der Waals surface area (Å²) >= 11 is 0. The number of imide groups is 1. The Bertz CT molecular complexity index is 1020. The summed E-state index contributed by atoms with van der Waals surface area (Å²) in [4.78, 5) is 56.7. The molecule has 0 aliphatic carbocycles. The molecule has 1 fully saturated rings. The summed E-state index contributed by atoms with van der Waals surface area (Å²) < 4.78 is 0. The van der Waals surface area contributed by atoms with Crippen molar-refractivity contribution in [3.63, 3.8) is 0 Å². The minimum atomic E-state index is -0.766. The van der Waals surface area contributed by atoms with E-state index in [0.717, 1.165) is 22.4 Å². The number of benzene rings is 2. The molecule has 2 aromatic carbocycles. The van der Waals surface area contributed by atoms with Crippen LogP contribution in [-0.2, 0) is 14.4 Å². The van der Waals surface area contributed by atoms with Gasteiger partial charge in [0.05, 0.1) is 17.0 Å². The zero-order valence-electron chi connectivity index (χ0n) is 16.4. The van der Waals surface area contributed by atoms with E-state index in [0.29, 0.717) is 5.06 Å². The lowest BCUT2D eigenvalue weighted by molar-refractivity contribution is -0.173. The number of fused-ring (bicyclic) bond motifs is 1. The number of anilines is 1. The van der Waals surface area contributed by atoms with Crippen molar-refractivity contribution in [2.75, 3.05) is 11.4 Å². The molecule has 7 nitrogen and oxygen atoms in total. The van der Waals surface area contributed by atoms with Crippen LogP contribution in [0.3, 0.4) is 0 Å². The lowest BCUT2D eigenvalue weighted by atomic mass is 10.0. The molecule has 2 heterocycles. The summed E-state index contributed by atoms with van der Waals surface area (Å²) in [7, 11) is 0. The van der Waals surface area contributed by atoms with E-state index in [1.165, 1.54) is 12.1 Å². The smallest absolute Gasteiger partial charge is 0.329 e. The van der Waals surface area contributed by atoms with Gasteiger partial charge in [-0.3, -0.25) is 14.4 Å². The number of carbonyl (C=O) groups excluding carboxylic acids is 4. The highest BCUT2D eigenvalue weighted by Crippen LogP contribution is 2.33. The van der Waals surface area contributed by atoms with Crippen molar-refractivity contribution >= 4 is 29.4 Å². The van der Waals surface area contributed by atoms with Gasteiger partial charge in [0.25, 0.3) is 11.8 Å². The Morgan fingerprint density at radius 3 is 2.07 bits per heavy atom. The van der Waals surface area contributed by atoms with Crippen molar-refractivity contribution in [3.05, 3.63) is 64.2 Å². The Morgan fingerprint density at radius 1 is 0.966 bits per heavy atom. The van der Waals surface area contributed by atoms with E-state index in [4.69, 9.17) is 4.84 Å². The Hall–Kier alpha value is -3.48. The molecule has 148 valence electrons. The summed E-state index contributed by atoms with van der Waals surface area (Å²) in [5.74, 6) is -3.07. The molecule has 0 N–H and O–H groups in total. The summed E-state index contributed by atoms with van der Waals surface area (Å²) in [6.45, 7) is 5.98. The predicted molar refractivity (Wildman–Crippen MR) is 104 cm³/mol. The van der Waals surface area contributed by atoms with E-state index in [9.17, 15) is 19.2 Å². The zero-order chi connectivity index (χ0) is 20.9. The number of hydrogen-bond donors (Lipinski definition) is 0. The third-order valence-corrected chi connectivity index (χ3v) is 5.30. The van der Waals surface area contributed by atoms with Crippen LogP contribution in [0.25, 0.3) is 0 Å². The molecule has 1 atom stereocenters. The molecular weight excluding hydrogens is 372 g/mol. The van der Waals surface area contributed by atoms with E-state index in [-0.39, 0.29) is 30.0 Å². The van der Waals surface area contributed by atoms with Crippen molar-refractivity contribution < 1.29 is 24.0 Å². The fourth-order valence-corrected chi connectivity index (χ4v) is 4.09. The first-order chi connectivity index (χ1) is 13.8. The zero-order valence-corrected chi connectivity index (χ0v) is 16.4. The topological polar surface area (TPSA) is 84.0 Å². The molecule has 2 aliphatic heterocycles. The maximum Gasteiger partial charge on any atom is 0.338 e. The van der Waals surface area contributed by atoms with Crippen LogP contribution < -0.4 is 4.90 Å². The molecule has 7 heteroatoms. The molecule has 0 aromatic heterocycles. The summed E-state index contributed by atoms with van der Waals surface area (Å²) in [5.41, 5.74) is 4.17. The molecule has 29 heavy (non-hydrogen) atoms. The van der Waals surface area contributed by atoms with Crippen LogP contribution in [0, 0.1) is 26.7 Å². The molecule has 2 aromatic rings. The van der Waals surface area contributed by atoms with Gasteiger partial charge >= 0.3 is 5.97 Å². The SMILES string of the molecule is Cc1cc(C)c(N2CC(C(=O)ON3C(=O)c4ccccc4C3=O)CC2=O)c(C)c1. The van der Waals surface area contributed by atoms with Gasteiger partial charge in [0, 0.05) is 18.7 Å². The summed E-state index contributed by atoms with van der Waals surface area (Å²) in [6, 6.07) is 10.3. The number of nitrogens with zero attached hydrogens (tertiary/aromatic N) is 2. The van der Waals surface area contributed by atoms with Crippen molar-refractivity contribution in [2.45, 2.75) is 27.2 Å². The van der Waals surface area contributed by atoms with Gasteiger partial charge < -0.3 is 9.74 Å². The molecule has 0 spiro atoms. The van der Waals surface area contributed by atoms with E-state index < -0.39 is 23.7 Å².